The van der Waals surface area contributed by atoms with Gasteiger partial charge in [-0.2, -0.15) is 0 Å². The first-order valence-corrected chi connectivity index (χ1v) is 5.59. The third-order valence-electron chi connectivity index (χ3n) is 3.11. The summed E-state index contributed by atoms with van der Waals surface area (Å²) < 4.78 is 0. The fraction of sp³-hybridized carbons (Fsp3) is 0.500. The molecule has 0 spiro atoms. The number of aromatic nitrogens is 1. The topological polar surface area (TPSA) is 59.2 Å². The van der Waals surface area contributed by atoms with Crippen LogP contribution in [0.15, 0.2) is 12.3 Å². The standard InChI is InChI=1S/C12H17N3O/c1-8(2)15-4-3-9-5-11(12(13)16)14-6-10(9)7-15/h5-6,8H,3-4,7H2,1-2H3,(H2,13,16). The van der Waals surface area contributed by atoms with E-state index in [0.29, 0.717) is 11.7 Å². The highest BCUT2D eigenvalue weighted by atomic mass is 16.1. The minimum Gasteiger partial charge on any atom is -0.364 e. The third kappa shape index (κ3) is 2.07. The number of pyridine rings is 1. The van der Waals surface area contributed by atoms with Gasteiger partial charge in [0.15, 0.2) is 0 Å². The second-order valence-corrected chi connectivity index (χ2v) is 4.52. The number of primary amides is 1. The summed E-state index contributed by atoms with van der Waals surface area (Å²) in [4.78, 5) is 17.5. The van der Waals surface area contributed by atoms with Gasteiger partial charge >= 0.3 is 0 Å². The predicted octanol–water partition coefficient (Wildman–Crippen LogP) is 0.947. The molecule has 86 valence electrons. The van der Waals surface area contributed by atoms with Crippen molar-refractivity contribution >= 4 is 5.91 Å². The van der Waals surface area contributed by atoms with E-state index in [-0.39, 0.29) is 0 Å². The summed E-state index contributed by atoms with van der Waals surface area (Å²) in [6.45, 7) is 6.33. The van der Waals surface area contributed by atoms with Crippen LogP contribution in [0.3, 0.4) is 0 Å². The molecule has 4 nitrogen and oxygen atoms in total. The molecule has 1 aliphatic heterocycles. The van der Waals surface area contributed by atoms with Crippen molar-refractivity contribution in [3.63, 3.8) is 0 Å². The summed E-state index contributed by atoms with van der Waals surface area (Å²) in [5.74, 6) is -0.450. The van der Waals surface area contributed by atoms with Gasteiger partial charge in [-0.15, -0.1) is 0 Å². The molecule has 0 aromatic carbocycles. The number of carbonyl (C=O) groups is 1. The molecule has 2 rings (SSSR count). The van der Waals surface area contributed by atoms with Crippen LogP contribution in [0, 0.1) is 0 Å². The lowest BCUT2D eigenvalue weighted by Crippen LogP contribution is -2.36. The molecule has 0 saturated carbocycles. The van der Waals surface area contributed by atoms with Crippen molar-refractivity contribution in [3.8, 4) is 0 Å². The number of rotatable bonds is 2. The molecule has 16 heavy (non-hydrogen) atoms. The van der Waals surface area contributed by atoms with E-state index in [9.17, 15) is 4.79 Å². The Labute approximate surface area is 95.5 Å². The van der Waals surface area contributed by atoms with Crippen molar-refractivity contribution in [2.24, 2.45) is 5.73 Å². The monoisotopic (exact) mass is 219 g/mol. The van der Waals surface area contributed by atoms with E-state index < -0.39 is 5.91 Å². The number of hydrogen-bond acceptors (Lipinski definition) is 3. The molecule has 2 N–H and O–H groups in total. The molecule has 1 aromatic heterocycles. The Hall–Kier alpha value is -1.42. The van der Waals surface area contributed by atoms with Crippen molar-refractivity contribution in [2.75, 3.05) is 6.54 Å². The van der Waals surface area contributed by atoms with Gasteiger partial charge in [-0.3, -0.25) is 14.7 Å². The van der Waals surface area contributed by atoms with Gasteiger partial charge in [0.1, 0.15) is 5.69 Å². The summed E-state index contributed by atoms with van der Waals surface area (Å²) in [5.41, 5.74) is 8.00. The highest BCUT2D eigenvalue weighted by Gasteiger charge is 2.19. The van der Waals surface area contributed by atoms with E-state index in [1.54, 1.807) is 6.20 Å². The highest BCUT2D eigenvalue weighted by Crippen LogP contribution is 2.20. The van der Waals surface area contributed by atoms with Gasteiger partial charge in [-0.25, -0.2) is 0 Å². The molecule has 0 unspecified atom stereocenters. The minimum absolute atomic E-state index is 0.372. The molecule has 1 amide bonds. The molecule has 0 aliphatic carbocycles. The van der Waals surface area contributed by atoms with Crippen LogP contribution in [-0.4, -0.2) is 28.4 Å². The van der Waals surface area contributed by atoms with Crippen LogP contribution >= 0.6 is 0 Å². The lowest BCUT2D eigenvalue weighted by atomic mass is 10.00. The normalized spacial score (nSPS) is 16.2. The van der Waals surface area contributed by atoms with Gasteiger partial charge in [-0.1, -0.05) is 0 Å². The number of amides is 1. The predicted molar refractivity (Wildman–Crippen MR) is 62.0 cm³/mol. The SMILES string of the molecule is CC(C)N1CCc2cc(C(N)=O)ncc2C1. The van der Waals surface area contributed by atoms with E-state index in [1.165, 1.54) is 11.1 Å². The summed E-state index contributed by atoms with van der Waals surface area (Å²) in [5, 5.41) is 0. The van der Waals surface area contributed by atoms with Crippen molar-refractivity contribution in [3.05, 3.63) is 29.1 Å². The quantitative estimate of drug-likeness (QED) is 0.805. The van der Waals surface area contributed by atoms with Crippen LogP contribution in [0.2, 0.25) is 0 Å². The molecule has 0 bridgehead atoms. The van der Waals surface area contributed by atoms with Gasteiger partial charge in [0.05, 0.1) is 0 Å². The summed E-state index contributed by atoms with van der Waals surface area (Å²) in [6, 6.07) is 2.37. The molecule has 0 saturated heterocycles. The zero-order chi connectivity index (χ0) is 11.7. The van der Waals surface area contributed by atoms with Crippen molar-refractivity contribution < 1.29 is 4.79 Å². The lowest BCUT2D eigenvalue weighted by molar-refractivity contribution is 0.0995. The maximum Gasteiger partial charge on any atom is 0.267 e. The summed E-state index contributed by atoms with van der Waals surface area (Å²) in [6.07, 6.45) is 2.75. The van der Waals surface area contributed by atoms with Crippen LogP contribution in [-0.2, 0) is 13.0 Å². The lowest BCUT2D eigenvalue weighted by Gasteiger charge is -2.31. The van der Waals surface area contributed by atoms with Crippen molar-refractivity contribution in [1.29, 1.82) is 0 Å². The average molecular weight is 219 g/mol. The van der Waals surface area contributed by atoms with Crippen LogP contribution in [0.5, 0.6) is 0 Å². The Balaban J connectivity index is 2.25. The summed E-state index contributed by atoms with van der Waals surface area (Å²) >= 11 is 0. The zero-order valence-electron chi connectivity index (χ0n) is 9.73. The van der Waals surface area contributed by atoms with Crippen molar-refractivity contribution in [1.82, 2.24) is 9.88 Å². The van der Waals surface area contributed by atoms with Gasteiger partial charge in [0.2, 0.25) is 0 Å². The van der Waals surface area contributed by atoms with Crippen LogP contribution < -0.4 is 5.73 Å². The number of nitrogens with two attached hydrogens (primary N) is 1. The Bertz CT molecular complexity index is 415. The Kier molecular flexibility index (Phi) is 2.92. The molecular formula is C12H17N3O. The van der Waals surface area contributed by atoms with Gasteiger partial charge in [-0.05, 0) is 37.5 Å². The highest BCUT2D eigenvalue weighted by molar-refractivity contribution is 5.90. The third-order valence-corrected chi connectivity index (χ3v) is 3.11. The maximum absolute atomic E-state index is 11.0. The van der Waals surface area contributed by atoms with Crippen LogP contribution in [0.4, 0.5) is 0 Å². The zero-order valence-corrected chi connectivity index (χ0v) is 9.73. The molecule has 0 radical (unpaired) electrons. The Morgan fingerprint density at radius 3 is 2.88 bits per heavy atom. The smallest absolute Gasteiger partial charge is 0.267 e. The van der Waals surface area contributed by atoms with E-state index in [0.717, 1.165) is 19.5 Å². The summed E-state index contributed by atoms with van der Waals surface area (Å²) in [7, 11) is 0. The molecular weight excluding hydrogens is 202 g/mol. The van der Waals surface area contributed by atoms with E-state index >= 15 is 0 Å². The van der Waals surface area contributed by atoms with E-state index in [4.69, 9.17) is 5.73 Å². The minimum atomic E-state index is -0.450. The Morgan fingerprint density at radius 2 is 2.25 bits per heavy atom. The average Bonchev–Trinajstić information content (AvgIpc) is 2.27. The van der Waals surface area contributed by atoms with E-state index in [2.05, 4.69) is 23.7 Å². The molecule has 4 heteroatoms. The fourth-order valence-electron chi connectivity index (χ4n) is 2.04. The Morgan fingerprint density at radius 1 is 1.50 bits per heavy atom. The first-order valence-electron chi connectivity index (χ1n) is 5.59. The fourth-order valence-corrected chi connectivity index (χ4v) is 2.04. The number of carbonyl (C=O) groups excluding carboxylic acids is 1. The molecule has 2 heterocycles. The van der Waals surface area contributed by atoms with Gasteiger partial charge < -0.3 is 5.73 Å². The number of hydrogen-bond donors (Lipinski definition) is 1. The maximum atomic E-state index is 11.0. The van der Waals surface area contributed by atoms with E-state index in [1.807, 2.05) is 6.07 Å². The molecule has 0 atom stereocenters. The first kappa shape index (κ1) is 11.1. The number of fused-ring (bicyclic) bond motifs is 1. The van der Waals surface area contributed by atoms with Gasteiger partial charge in [0, 0.05) is 25.3 Å². The molecule has 1 aromatic rings. The number of nitrogens with zero attached hydrogens (tertiary/aromatic N) is 2. The van der Waals surface area contributed by atoms with Crippen LogP contribution in [0.25, 0.3) is 0 Å². The largest absolute Gasteiger partial charge is 0.364 e. The molecule has 1 aliphatic rings. The first-order chi connectivity index (χ1) is 7.58. The van der Waals surface area contributed by atoms with Crippen molar-refractivity contribution in [2.45, 2.75) is 32.9 Å². The second kappa shape index (κ2) is 4.22. The second-order valence-electron chi connectivity index (χ2n) is 4.52. The van der Waals surface area contributed by atoms with Crippen LogP contribution in [0.1, 0.15) is 35.5 Å². The van der Waals surface area contributed by atoms with Gasteiger partial charge in [0.25, 0.3) is 5.91 Å². The molecule has 0 fully saturated rings.